The van der Waals surface area contributed by atoms with Crippen LogP contribution < -0.4 is 0 Å². The summed E-state index contributed by atoms with van der Waals surface area (Å²) >= 11 is 3.18. The number of aliphatic hydroxyl groups excluding tert-OH is 1. The van der Waals surface area contributed by atoms with Crippen molar-refractivity contribution in [1.29, 1.82) is 0 Å². The summed E-state index contributed by atoms with van der Waals surface area (Å²) in [7, 11) is 0. The van der Waals surface area contributed by atoms with Crippen molar-refractivity contribution >= 4 is 51.0 Å². The quantitative estimate of drug-likeness (QED) is 0.126. The first-order valence-electron chi connectivity index (χ1n) is 11.8. The highest BCUT2D eigenvalue weighted by molar-refractivity contribution is 9.09. The zero-order valence-corrected chi connectivity index (χ0v) is 22.3. The Morgan fingerprint density at radius 1 is 1.22 bits per heavy atom. The van der Waals surface area contributed by atoms with Crippen molar-refractivity contribution in [3.63, 3.8) is 0 Å². The van der Waals surface area contributed by atoms with Gasteiger partial charge in [-0.15, -0.1) is 0 Å². The molecule has 2 amide bonds. The van der Waals surface area contributed by atoms with Crippen molar-refractivity contribution in [3.05, 3.63) is 41.5 Å². The van der Waals surface area contributed by atoms with Crippen LogP contribution in [0.5, 0.6) is 0 Å². The van der Waals surface area contributed by atoms with Gasteiger partial charge in [-0.1, -0.05) is 58.6 Å². The van der Waals surface area contributed by atoms with Crippen LogP contribution in [0.15, 0.2) is 30.3 Å². The summed E-state index contributed by atoms with van der Waals surface area (Å²) in [6.45, 7) is 4.39. The second-order valence-corrected chi connectivity index (χ2v) is 9.74. The number of ketones is 2. The molecule has 36 heavy (non-hydrogen) atoms. The lowest BCUT2D eigenvalue weighted by molar-refractivity contribution is -0.158. The minimum atomic E-state index is -1.54. The van der Waals surface area contributed by atoms with Crippen molar-refractivity contribution in [3.8, 4) is 0 Å². The number of aliphatic hydroxyl groups is 1. The zero-order valence-electron chi connectivity index (χ0n) is 20.7. The lowest BCUT2D eigenvalue weighted by Gasteiger charge is -2.25. The van der Waals surface area contributed by atoms with Gasteiger partial charge >= 0.3 is 12.1 Å². The molecule has 0 unspecified atom stereocenters. The highest BCUT2D eigenvalue weighted by Crippen LogP contribution is 2.25. The number of unbranched alkanes of at least 4 members (excludes halogenated alkanes) is 3. The highest BCUT2D eigenvalue weighted by Gasteiger charge is 2.43. The van der Waals surface area contributed by atoms with Gasteiger partial charge in [-0.2, -0.15) is 0 Å². The van der Waals surface area contributed by atoms with Crippen molar-refractivity contribution < 1.29 is 38.6 Å². The van der Waals surface area contributed by atoms with Gasteiger partial charge in [0.15, 0.2) is 17.7 Å². The second-order valence-electron chi connectivity index (χ2n) is 8.68. The van der Waals surface area contributed by atoms with E-state index in [1.165, 1.54) is 6.92 Å². The van der Waals surface area contributed by atoms with Crippen LogP contribution in [0.1, 0.15) is 57.1 Å². The Morgan fingerprint density at radius 2 is 1.92 bits per heavy atom. The van der Waals surface area contributed by atoms with Gasteiger partial charge in [0.05, 0.1) is 5.92 Å². The third kappa shape index (κ3) is 8.09. The molecule has 1 fully saturated rings. The maximum absolute atomic E-state index is 13.4. The third-order valence-corrected chi connectivity index (χ3v) is 6.38. The van der Waals surface area contributed by atoms with Crippen molar-refractivity contribution in [2.75, 3.05) is 13.2 Å². The Labute approximate surface area is 218 Å². The Hall–Kier alpha value is -2.85. The Bertz CT molecular complexity index is 1020. The van der Waals surface area contributed by atoms with Crippen LogP contribution in [0, 0.1) is 12.8 Å². The van der Waals surface area contributed by atoms with Gasteiger partial charge in [-0.05, 0) is 38.3 Å². The molecule has 0 radical (unpaired) electrons. The summed E-state index contributed by atoms with van der Waals surface area (Å²) in [6.07, 6.45) is 1.68. The van der Waals surface area contributed by atoms with E-state index in [4.69, 9.17) is 14.6 Å². The number of halogens is 1. The highest BCUT2D eigenvalue weighted by atomic mass is 79.9. The fourth-order valence-corrected chi connectivity index (χ4v) is 4.31. The number of esters is 1. The van der Waals surface area contributed by atoms with Crippen LogP contribution in [0.4, 0.5) is 4.79 Å². The number of allylic oxidation sites excluding steroid dienone is 1. The topological polar surface area (TPSA) is 127 Å². The maximum atomic E-state index is 13.4. The summed E-state index contributed by atoms with van der Waals surface area (Å²) < 4.78 is 10.1. The van der Waals surface area contributed by atoms with Crippen molar-refractivity contribution in [2.45, 2.75) is 63.9 Å². The molecule has 1 aromatic carbocycles. The van der Waals surface area contributed by atoms with E-state index < -0.39 is 40.7 Å². The molecule has 0 saturated carbocycles. The molecule has 1 heterocycles. The van der Waals surface area contributed by atoms with Gasteiger partial charge in [-0.25, -0.2) is 9.69 Å². The molecule has 196 valence electrons. The third-order valence-electron chi connectivity index (χ3n) is 5.70. The van der Waals surface area contributed by atoms with Crippen LogP contribution in [-0.4, -0.2) is 63.8 Å². The molecule has 0 bridgehead atoms. The first kappa shape index (κ1) is 29.4. The number of rotatable bonds is 13. The van der Waals surface area contributed by atoms with Crippen LogP contribution in [-0.2, 0) is 28.7 Å². The second kappa shape index (κ2) is 14.0. The van der Waals surface area contributed by atoms with E-state index in [1.54, 1.807) is 18.2 Å². The normalized spacial score (nSPS) is 17.4. The fraction of sp³-hybridized carbons (Fsp3) is 0.500. The van der Waals surface area contributed by atoms with Crippen LogP contribution in [0.3, 0.4) is 0 Å². The molecular weight excluding hydrogens is 534 g/mol. The number of amides is 2. The smallest absolute Gasteiger partial charge is 0.417 e. The minimum absolute atomic E-state index is 0.0479. The van der Waals surface area contributed by atoms with E-state index in [2.05, 4.69) is 15.9 Å². The minimum Gasteiger partial charge on any atom is -0.453 e. The molecule has 1 aromatic rings. The summed E-state index contributed by atoms with van der Waals surface area (Å²) in [6, 6.07) is 7.10. The summed E-state index contributed by atoms with van der Waals surface area (Å²) in [5.41, 5.74) is 1.58. The molecule has 2 rings (SSSR count). The molecule has 10 heteroatoms. The predicted molar refractivity (Wildman–Crippen MR) is 135 cm³/mol. The fourth-order valence-electron chi connectivity index (χ4n) is 3.81. The number of aryl methyl sites for hydroxylation is 1. The molecule has 0 aromatic heterocycles. The summed E-state index contributed by atoms with van der Waals surface area (Å²) in [5, 5.41) is 8.93. The van der Waals surface area contributed by atoms with E-state index in [9.17, 15) is 24.0 Å². The first-order valence-corrected chi connectivity index (χ1v) is 12.8. The number of carbonyl (C=O) groups excluding carboxylic acids is 5. The standard InChI is InChI=1S/C26H32BrNO8/c1-16-9-8-10-19(13-16)20(21(31)11-6-4-5-7-12-29)14-22(32)24(36-18(3)30)17(2)25(33)28-23(27)15-35-26(28)34/h8-10,13-14,17,23-24,29H,4-7,11-12,15H2,1-3H3/t17-,23+,24-/m0/s1. The van der Waals surface area contributed by atoms with E-state index in [1.807, 2.05) is 13.0 Å². The average Bonchev–Trinajstić information content (AvgIpc) is 3.17. The van der Waals surface area contributed by atoms with E-state index in [-0.39, 0.29) is 31.0 Å². The number of imide groups is 1. The van der Waals surface area contributed by atoms with Gasteiger partial charge in [0.2, 0.25) is 5.91 Å². The number of alkyl halides is 1. The number of cyclic esters (lactones) is 1. The van der Waals surface area contributed by atoms with Gasteiger partial charge in [0.25, 0.3) is 0 Å². The lowest BCUT2D eigenvalue weighted by atomic mass is 9.92. The molecule has 1 aliphatic heterocycles. The maximum Gasteiger partial charge on any atom is 0.417 e. The Balaban J connectivity index is 2.35. The summed E-state index contributed by atoms with van der Waals surface area (Å²) in [4.78, 5) is 63.4. The number of benzene rings is 1. The molecule has 1 N–H and O–H groups in total. The Morgan fingerprint density at radius 3 is 2.50 bits per heavy atom. The van der Waals surface area contributed by atoms with Crippen molar-refractivity contribution in [1.82, 2.24) is 4.90 Å². The number of hydrogen-bond donors (Lipinski definition) is 1. The number of nitrogens with zero attached hydrogens (tertiary/aromatic N) is 1. The molecule has 9 nitrogen and oxygen atoms in total. The molecule has 0 aliphatic carbocycles. The monoisotopic (exact) mass is 565 g/mol. The predicted octanol–water partition coefficient (Wildman–Crippen LogP) is 3.73. The summed E-state index contributed by atoms with van der Waals surface area (Å²) in [5.74, 6) is -3.75. The average molecular weight is 566 g/mol. The van der Waals surface area contributed by atoms with Gasteiger partial charge in [-0.3, -0.25) is 19.2 Å². The molecule has 1 saturated heterocycles. The number of hydrogen-bond acceptors (Lipinski definition) is 8. The van der Waals surface area contributed by atoms with Gasteiger partial charge < -0.3 is 14.6 Å². The number of ether oxygens (including phenoxy) is 2. The van der Waals surface area contributed by atoms with E-state index >= 15 is 0 Å². The SMILES string of the molecule is CC(=O)O[C@H](C(=O)C=C(C(=O)CCCCCCO)c1cccc(C)c1)[C@H](C)C(=O)N1C(=O)OC[C@@H]1Br. The van der Waals surface area contributed by atoms with Gasteiger partial charge in [0, 0.05) is 25.5 Å². The van der Waals surface area contributed by atoms with E-state index in [0.717, 1.165) is 36.3 Å². The molecule has 1 aliphatic rings. The van der Waals surface area contributed by atoms with Crippen LogP contribution >= 0.6 is 15.9 Å². The van der Waals surface area contributed by atoms with Crippen LogP contribution in [0.2, 0.25) is 0 Å². The van der Waals surface area contributed by atoms with Crippen LogP contribution in [0.25, 0.3) is 5.57 Å². The Kier molecular flexibility index (Phi) is 11.5. The van der Waals surface area contributed by atoms with Gasteiger partial charge in [0.1, 0.15) is 11.6 Å². The largest absolute Gasteiger partial charge is 0.453 e. The number of carbonyl (C=O) groups is 5. The zero-order chi connectivity index (χ0) is 26.8. The lowest BCUT2D eigenvalue weighted by Crippen LogP contribution is -2.46. The number of Topliss-reactive ketones (excluding diaryl/α,β-unsaturated/α-hetero) is 1. The molecule has 3 atom stereocenters. The van der Waals surface area contributed by atoms with E-state index in [0.29, 0.717) is 18.4 Å². The van der Waals surface area contributed by atoms with Crippen molar-refractivity contribution in [2.24, 2.45) is 5.92 Å². The first-order chi connectivity index (χ1) is 17.1. The molecular formula is C26H32BrNO8. The molecule has 0 spiro atoms.